The molecule has 10 heteroatoms. The molecular weight excluding hydrogens is 404 g/mol. The van der Waals surface area contributed by atoms with E-state index in [0.29, 0.717) is 39.9 Å². The Morgan fingerprint density at radius 1 is 1.13 bits per heavy atom. The van der Waals surface area contributed by atoms with Crippen LogP contribution in [0.5, 0.6) is 11.5 Å². The van der Waals surface area contributed by atoms with Crippen molar-refractivity contribution in [1.29, 1.82) is 0 Å². The Labute approximate surface area is 175 Å². The molecule has 0 aliphatic rings. The zero-order valence-electron chi connectivity index (χ0n) is 16.4. The Morgan fingerprint density at radius 2 is 2.03 bits per heavy atom. The van der Waals surface area contributed by atoms with Gasteiger partial charge in [0.15, 0.2) is 11.5 Å². The number of nitrogens with zero attached hydrogens (tertiary/aromatic N) is 3. The standard InChI is InChI=1S/C20H20N6O3S/c1-21-30(27)15-6-7-17(29-10-13-4-3-5-14(8-13)28-2)16(9-15)26-20-18-19(23-11-22-18)24-12-25-20/h3-9,11-12,21H,10H2,1-2H3,(H2,22,23,24,25,26). The van der Waals surface area contributed by atoms with Crippen molar-refractivity contribution >= 4 is 33.7 Å². The van der Waals surface area contributed by atoms with Crippen LogP contribution in [-0.2, 0) is 17.6 Å². The van der Waals surface area contributed by atoms with Gasteiger partial charge in [-0.05, 0) is 42.9 Å². The van der Waals surface area contributed by atoms with Crippen molar-refractivity contribution in [2.24, 2.45) is 0 Å². The summed E-state index contributed by atoms with van der Waals surface area (Å²) in [4.78, 5) is 16.2. The minimum Gasteiger partial charge on any atom is -0.497 e. The monoisotopic (exact) mass is 424 g/mol. The zero-order chi connectivity index (χ0) is 20.9. The van der Waals surface area contributed by atoms with Crippen LogP contribution in [0.3, 0.4) is 0 Å². The average Bonchev–Trinajstić information content (AvgIpc) is 3.28. The van der Waals surface area contributed by atoms with E-state index in [1.807, 2.05) is 24.3 Å². The van der Waals surface area contributed by atoms with E-state index in [1.54, 1.807) is 38.7 Å². The summed E-state index contributed by atoms with van der Waals surface area (Å²) in [6.07, 6.45) is 2.98. The third kappa shape index (κ3) is 4.24. The number of hydrogen-bond donors (Lipinski definition) is 3. The molecule has 0 bridgehead atoms. The van der Waals surface area contributed by atoms with Gasteiger partial charge in [0.2, 0.25) is 0 Å². The Kier molecular flexibility index (Phi) is 5.87. The summed E-state index contributed by atoms with van der Waals surface area (Å²) >= 11 is 0. The molecule has 1 unspecified atom stereocenters. The fourth-order valence-electron chi connectivity index (χ4n) is 2.88. The Morgan fingerprint density at radius 3 is 2.87 bits per heavy atom. The molecule has 0 aliphatic carbocycles. The third-order valence-corrected chi connectivity index (χ3v) is 5.41. The van der Waals surface area contributed by atoms with Crippen molar-refractivity contribution in [2.45, 2.75) is 11.5 Å². The highest BCUT2D eigenvalue weighted by Crippen LogP contribution is 2.31. The van der Waals surface area contributed by atoms with Gasteiger partial charge >= 0.3 is 0 Å². The van der Waals surface area contributed by atoms with E-state index >= 15 is 0 Å². The molecule has 4 rings (SSSR count). The van der Waals surface area contributed by atoms with Gasteiger partial charge in [-0.15, -0.1) is 0 Å². The number of aromatic nitrogens is 4. The molecule has 154 valence electrons. The summed E-state index contributed by atoms with van der Waals surface area (Å²) < 4.78 is 26.3. The van der Waals surface area contributed by atoms with Crippen molar-refractivity contribution in [1.82, 2.24) is 24.7 Å². The van der Waals surface area contributed by atoms with Crippen LogP contribution in [0.25, 0.3) is 11.2 Å². The normalized spacial score (nSPS) is 11.9. The van der Waals surface area contributed by atoms with E-state index in [1.165, 1.54) is 6.33 Å². The van der Waals surface area contributed by atoms with Crippen LogP contribution < -0.4 is 19.5 Å². The highest BCUT2D eigenvalue weighted by molar-refractivity contribution is 7.83. The predicted molar refractivity (Wildman–Crippen MR) is 114 cm³/mol. The fraction of sp³-hybridized carbons (Fsp3) is 0.150. The molecule has 0 radical (unpaired) electrons. The maximum atomic E-state index is 12.2. The van der Waals surface area contributed by atoms with E-state index < -0.39 is 11.0 Å². The highest BCUT2D eigenvalue weighted by Gasteiger charge is 2.13. The van der Waals surface area contributed by atoms with Crippen molar-refractivity contribution in [3.8, 4) is 11.5 Å². The summed E-state index contributed by atoms with van der Waals surface area (Å²) in [5.74, 6) is 1.88. The highest BCUT2D eigenvalue weighted by atomic mass is 32.2. The van der Waals surface area contributed by atoms with Crippen LogP contribution in [0.4, 0.5) is 11.5 Å². The van der Waals surface area contributed by atoms with Crippen LogP contribution in [-0.4, -0.2) is 38.3 Å². The molecule has 0 saturated carbocycles. The first-order valence-electron chi connectivity index (χ1n) is 9.08. The summed E-state index contributed by atoms with van der Waals surface area (Å²) in [7, 11) is 1.91. The van der Waals surface area contributed by atoms with Crippen LogP contribution in [0, 0.1) is 0 Å². The number of anilines is 2. The maximum Gasteiger partial charge on any atom is 0.182 e. The summed E-state index contributed by atoms with van der Waals surface area (Å²) in [6, 6.07) is 12.9. The molecule has 0 saturated heterocycles. The molecule has 30 heavy (non-hydrogen) atoms. The van der Waals surface area contributed by atoms with Crippen LogP contribution in [0.15, 0.2) is 60.0 Å². The van der Waals surface area contributed by atoms with E-state index in [-0.39, 0.29) is 0 Å². The number of ether oxygens (including phenoxy) is 2. The molecule has 2 heterocycles. The lowest BCUT2D eigenvalue weighted by molar-refractivity contribution is 0.306. The van der Waals surface area contributed by atoms with Crippen molar-refractivity contribution < 1.29 is 13.7 Å². The minimum atomic E-state index is -1.35. The van der Waals surface area contributed by atoms with Gasteiger partial charge in [0.25, 0.3) is 0 Å². The lowest BCUT2D eigenvalue weighted by Gasteiger charge is -2.15. The van der Waals surface area contributed by atoms with Crippen molar-refractivity contribution in [3.63, 3.8) is 0 Å². The van der Waals surface area contributed by atoms with Gasteiger partial charge in [-0.2, -0.15) is 0 Å². The molecule has 4 aromatic rings. The molecular formula is C20H20N6O3S. The van der Waals surface area contributed by atoms with E-state index in [0.717, 1.165) is 11.3 Å². The van der Waals surface area contributed by atoms with Gasteiger partial charge in [0.05, 0.1) is 24.0 Å². The smallest absolute Gasteiger partial charge is 0.182 e. The first-order valence-corrected chi connectivity index (χ1v) is 10.2. The Balaban J connectivity index is 1.65. The minimum absolute atomic E-state index is 0.337. The Bertz CT molecular complexity index is 1200. The third-order valence-electron chi connectivity index (χ3n) is 4.36. The number of benzene rings is 2. The van der Waals surface area contributed by atoms with Gasteiger partial charge in [-0.25, -0.2) is 23.9 Å². The fourth-order valence-corrected chi connectivity index (χ4v) is 3.53. The predicted octanol–water partition coefficient (Wildman–Crippen LogP) is 2.93. The quantitative estimate of drug-likeness (QED) is 0.398. The molecule has 0 aliphatic heterocycles. The average molecular weight is 424 g/mol. The first-order chi connectivity index (χ1) is 14.7. The number of rotatable bonds is 8. The molecule has 0 fully saturated rings. The number of aromatic amines is 1. The van der Waals surface area contributed by atoms with Crippen molar-refractivity contribution in [3.05, 3.63) is 60.7 Å². The molecule has 0 amide bonds. The molecule has 9 nitrogen and oxygen atoms in total. The van der Waals surface area contributed by atoms with Gasteiger partial charge in [-0.1, -0.05) is 12.1 Å². The number of fused-ring (bicyclic) bond motifs is 1. The summed E-state index contributed by atoms with van der Waals surface area (Å²) in [6.45, 7) is 0.337. The maximum absolute atomic E-state index is 12.2. The van der Waals surface area contributed by atoms with E-state index in [2.05, 4.69) is 30.0 Å². The SMILES string of the molecule is CNS(=O)c1ccc(OCc2cccc(OC)c2)c(Nc2ncnc3nc[nH]c23)c1. The van der Waals surface area contributed by atoms with E-state index in [9.17, 15) is 4.21 Å². The van der Waals surface area contributed by atoms with Crippen molar-refractivity contribution in [2.75, 3.05) is 19.5 Å². The second-order valence-electron chi connectivity index (χ2n) is 6.22. The van der Waals surface area contributed by atoms with Gasteiger partial charge in [0.1, 0.15) is 40.9 Å². The molecule has 1 atom stereocenters. The molecule has 2 aromatic carbocycles. The van der Waals surface area contributed by atoms with Gasteiger partial charge in [0, 0.05) is 0 Å². The summed E-state index contributed by atoms with van der Waals surface area (Å²) in [5, 5.41) is 3.25. The van der Waals surface area contributed by atoms with Crippen LogP contribution in [0.1, 0.15) is 5.56 Å². The second kappa shape index (κ2) is 8.89. The lowest BCUT2D eigenvalue weighted by atomic mass is 10.2. The van der Waals surface area contributed by atoms with Gasteiger partial charge in [-0.3, -0.25) is 0 Å². The number of hydrogen-bond acceptors (Lipinski definition) is 7. The Hall–Kier alpha value is -3.50. The van der Waals surface area contributed by atoms with Crippen LogP contribution in [0.2, 0.25) is 0 Å². The molecule has 3 N–H and O–H groups in total. The number of H-pyrrole nitrogens is 1. The zero-order valence-corrected chi connectivity index (χ0v) is 17.2. The number of methoxy groups -OCH3 is 1. The number of imidazole rings is 1. The first kappa shape index (κ1) is 19.8. The van der Waals surface area contributed by atoms with Crippen LogP contribution >= 0.6 is 0 Å². The molecule has 0 spiro atoms. The topological polar surface area (TPSA) is 114 Å². The van der Waals surface area contributed by atoms with Gasteiger partial charge < -0.3 is 19.8 Å². The second-order valence-corrected chi connectivity index (χ2v) is 7.64. The van der Waals surface area contributed by atoms with E-state index in [4.69, 9.17) is 9.47 Å². The number of nitrogens with one attached hydrogen (secondary N) is 3. The lowest BCUT2D eigenvalue weighted by Crippen LogP contribution is -2.11. The summed E-state index contributed by atoms with van der Waals surface area (Å²) in [5.41, 5.74) is 2.78. The largest absolute Gasteiger partial charge is 0.497 e. The molecule has 2 aromatic heterocycles.